The summed E-state index contributed by atoms with van der Waals surface area (Å²) in [7, 11) is 0. The van der Waals surface area contributed by atoms with Crippen LogP contribution < -0.4 is 11.1 Å². The van der Waals surface area contributed by atoms with Crippen LogP contribution in [0.1, 0.15) is 35.3 Å². The Balaban J connectivity index is 1.73. The van der Waals surface area contributed by atoms with Crippen LogP contribution in [0.2, 0.25) is 0 Å². The molecule has 102 valence electrons. The minimum atomic E-state index is -0.0453. The van der Waals surface area contributed by atoms with Crippen molar-refractivity contribution < 1.29 is 4.79 Å². The van der Waals surface area contributed by atoms with Gasteiger partial charge in [0.1, 0.15) is 0 Å². The van der Waals surface area contributed by atoms with Gasteiger partial charge in [-0.3, -0.25) is 14.7 Å². The lowest BCUT2D eigenvalue weighted by Crippen LogP contribution is -2.42. The number of aromatic nitrogens is 1. The predicted octanol–water partition coefficient (Wildman–Crippen LogP) is 0.939. The van der Waals surface area contributed by atoms with Crippen molar-refractivity contribution in [3.05, 3.63) is 23.5 Å². The van der Waals surface area contributed by atoms with Crippen molar-refractivity contribution in [3.63, 3.8) is 0 Å². The Morgan fingerprint density at radius 2 is 2.32 bits per heavy atom. The predicted molar refractivity (Wildman–Crippen MR) is 73.9 cm³/mol. The van der Waals surface area contributed by atoms with E-state index in [1.165, 1.54) is 19.4 Å². The van der Waals surface area contributed by atoms with Crippen molar-refractivity contribution >= 4 is 11.6 Å². The SMILES string of the molecule is Cc1ncc(N)cc1C(=O)NC1CCN2CCCC12. The number of fused-ring (bicyclic) bond motifs is 1. The van der Waals surface area contributed by atoms with E-state index < -0.39 is 0 Å². The highest BCUT2D eigenvalue weighted by Gasteiger charge is 2.37. The lowest BCUT2D eigenvalue weighted by atomic mass is 10.1. The van der Waals surface area contributed by atoms with E-state index in [4.69, 9.17) is 5.73 Å². The van der Waals surface area contributed by atoms with Crippen LogP contribution in [0.25, 0.3) is 0 Å². The monoisotopic (exact) mass is 260 g/mol. The molecule has 3 heterocycles. The maximum atomic E-state index is 12.3. The van der Waals surface area contributed by atoms with Gasteiger partial charge in [0.05, 0.1) is 23.1 Å². The normalized spacial score (nSPS) is 26.4. The number of aryl methyl sites for hydroxylation is 1. The minimum absolute atomic E-state index is 0.0453. The van der Waals surface area contributed by atoms with E-state index in [1.54, 1.807) is 12.3 Å². The van der Waals surface area contributed by atoms with Crippen LogP contribution in [0, 0.1) is 6.92 Å². The molecule has 0 bridgehead atoms. The van der Waals surface area contributed by atoms with Crippen LogP contribution in [-0.4, -0.2) is 41.0 Å². The number of amides is 1. The summed E-state index contributed by atoms with van der Waals surface area (Å²) in [5, 5.41) is 3.16. The first kappa shape index (κ1) is 12.4. The number of pyridine rings is 1. The molecule has 2 aliphatic rings. The third-order valence-corrected chi connectivity index (χ3v) is 4.28. The molecule has 0 aromatic carbocycles. The van der Waals surface area contributed by atoms with Gasteiger partial charge >= 0.3 is 0 Å². The number of rotatable bonds is 2. The summed E-state index contributed by atoms with van der Waals surface area (Å²) in [5.41, 5.74) is 7.56. The number of hydrogen-bond acceptors (Lipinski definition) is 4. The molecule has 2 saturated heterocycles. The zero-order valence-corrected chi connectivity index (χ0v) is 11.2. The number of carbonyl (C=O) groups is 1. The summed E-state index contributed by atoms with van der Waals surface area (Å²) in [6, 6.07) is 2.51. The highest BCUT2D eigenvalue weighted by molar-refractivity contribution is 5.96. The smallest absolute Gasteiger partial charge is 0.253 e. The third-order valence-electron chi connectivity index (χ3n) is 4.28. The molecule has 5 nitrogen and oxygen atoms in total. The lowest BCUT2D eigenvalue weighted by Gasteiger charge is -2.21. The Morgan fingerprint density at radius 3 is 3.16 bits per heavy atom. The zero-order chi connectivity index (χ0) is 13.4. The first-order valence-electron chi connectivity index (χ1n) is 6.92. The molecule has 0 spiro atoms. The second-order valence-electron chi connectivity index (χ2n) is 5.52. The fourth-order valence-electron chi connectivity index (χ4n) is 3.28. The van der Waals surface area contributed by atoms with Gasteiger partial charge in [0, 0.05) is 18.6 Å². The van der Waals surface area contributed by atoms with Gasteiger partial charge in [0.15, 0.2) is 0 Å². The molecule has 0 radical (unpaired) electrons. The average molecular weight is 260 g/mol. The number of nitrogens with zero attached hydrogens (tertiary/aromatic N) is 2. The van der Waals surface area contributed by atoms with Gasteiger partial charge in [-0.2, -0.15) is 0 Å². The summed E-state index contributed by atoms with van der Waals surface area (Å²) in [5.74, 6) is -0.0453. The Hall–Kier alpha value is -1.62. The molecule has 5 heteroatoms. The van der Waals surface area contributed by atoms with Crippen molar-refractivity contribution in [3.8, 4) is 0 Å². The van der Waals surface area contributed by atoms with Gasteiger partial charge < -0.3 is 11.1 Å². The van der Waals surface area contributed by atoms with Crippen molar-refractivity contribution in [1.29, 1.82) is 0 Å². The number of nitrogens with two attached hydrogens (primary N) is 1. The summed E-state index contributed by atoms with van der Waals surface area (Å²) >= 11 is 0. The van der Waals surface area contributed by atoms with E-state index in [1.807, 2.05) is 6.92 Å². The first-order chi connectivity index (χ1) is 9.15. The van der Waals surface area contributed by atoms with Crippen LogP contribution in [0.4, 0.5) is 5.69 Å². The zero-order valence-electron chi connectivity index (χ0n) is 11.2. The quantitative estimate of drug-likeness (QED) is 0.830. The van der Waals surface area contributed by atoms with Crippen LogP contribution in [0.5, 0.6) is 0 Å². The minimum Gasteiger partial charge on any atom is -0.397 e. The van der Waals surface area contributed by atoms with E-state index in [9.17, 15) is 4.79 Å². The molecule has 2 atom stereocenters. The molecule has 3 N–H and O–H groups in total. The van der Waals surface area contributed by atoms with E-state index >= 15 is 0 Å². The Morgan fingerprint density at radius 1 is 1.47 bits per heavy atom. The molecule has 0 aliphatic carbocycles. The largest absolute Gasteiger partial charge is 0.397 e. The van der Waals surface area contributed by atoms with Crippen molar-refractivity contribution in [2.24, 2.45) is 0 Å². The fourth-order valence-corrected chi connectivity index (χ4v) is 3.28. The highest BCUT2D eigenvalue weighted by Crippen LogP contribution is 2.28. The standard InChI is InChI=1S/C14H20N4O/c1-9-11(7-10(15)8-16-9)14(19)17-12-4-6-18-5-2-3-13(12)18/h7-8,12-13H,2-6,15H2,1H3,(H,17,19). The number of nitrogen functional groups attached to an aromatic ring is 1. The summed E-state index contributed by atoms with van der Waals surface area (Å²) < 4.78 is 0. The molecule has 1 aromatic heterocycles. The molecule has 2 aliphatic heterocycles. The van der Waals surface area contributed by atoms with Crippen LogP contribution in [0.3, 0.4) is 0 Å². The van der Waals surface area contributed by atoms with E-state index in [2.05, 4.69) is 15.2 Å². The molecule has 3 rings (SSSR count). The number of anilines is 1. The second-order valence-corrected chi connectivity index (χ2v) is 5.52. The Bertz CT molecular complexity index is 502. The van der Waals surface area contributed by atoms with Crippen molar-refractivity contribution in [2.45, 2.75) is 38.3 Å². The second kappa shape index (κ2) is 4.81. The maximum absolute atomic E-state index is 12.3. The van der Waals surface area contributed by atoms with Crippen molar-refractivity contribution in [2.75, 3.05) is 18.8 Å². The number of carbonyl (C=O) groups excluding carboxylic acids is 1. The Kier molecular flexibility index (Phi) is 3.14. The number of nitrogens with one attached hydrogen (secondary N) is 1. The van der Waals surface area contributed by atoms with Gasteiger partial charge in [-0.25, -0.2) is 0 Å². The van der Waals surface area contributed by atoms with Crippen LogP contribution in [-0.2, 0) is 0 Å². The van der Waals surface area contributed by atoms with Gasteiger partial charge in [0.2, 0.25) is 0 Å². The highest BCUT2D eigenvalue weighted by atomic mass is 16.1. The first-order valence-corrected chi connectivity index (χ1v) is 6.92. The lowest BCUT2D eigenvalue weighted by molar-refractivity contribution is 0.0928. The third kappa shape index (κ3) is 2.30. The van der Waals surface area contributed by atoms with Gasteiger partial charge in [-0.15, -0.1) is 0 Å². The molecule has 1 amide bonds. The molecular weight excluding hydrogens is 240 g/mol. The summed E-state index contributed by atoms with van der Waals surface area (Å²) in [6.45, 7) is 4.12. The maximum Gasteiger partial charge on any atom is 0.253 e. The topological polar surface area (TPSA) is 71.2 Å². The van der Waals surface area contributed by atoms with E-state index in [0.29, 0.717) is 17.3 Å². The summed E-state index contributed by atoms with van der Waals surface area (Å²) in [4.78, 5) is 19.0. The fraction of sp³-hybridized carbons (Fsp3) is 0.571. The van der Waals surface area contributed by atoms with Gasteiger partial charge in [-0.1, -0.05) is 0 Å². The van der Waals surface area contributed by atoms with Crippen molar-refractivity contribution in [1.82, 2.24) is 15.2 Å². The molecule has 2 unspecified atom stereocenters. The van der Waals surface area contributed by atoms with Crippen LogP contribution >= 0.6 is 0 Å². The molecule has 2 fully saturated rings. The van der Waals surface area contributed by atoms with Gasteiger partial charge in [-0.05, 0) is 38.8 Å². The molecule has 0 saturated carbocycles. The van der Waals surface area contributed by atoms with E-state index in [0.717, 1.165) is 18.7 Å². The van der Waals surface area contributed by atoms with Crippen LogP contribution in [0.15, 0.2) is 12.3 Å². The number of hydrogen-bond donors (Lipinski definition) is 2. The average Bonchev–Trinajstić information content (AvgIpc) is 2.97. The molecule has 19 heavy (non-hydrogen) atoms. The Labute approximate surface area is 113 Å². The molecule has 1 aromatic rings. The molecular formula is C14H20N4O. The summed E-state index contributed by atoms with van der Waals surface area (Å²) in [6.07, 6.45) is 5.07. The van der Waals surface area contributed by atoms with E-state index in [-0.39, 0.29) is 11.9 Å². The van der Waals surface area contributed by atoms with Gasteiger partial charge in [0.25, 0.3) is 5.91 Å².